The van der Waals surface area contributed by atoms with Crippen molar-refractivity contribution in [3.05, 3.63) is 0 Å². The van der Waals surface area contributed by atoms with E-state index in [2.05, 4.69) is 6.55 Å². The first kappa shape index (κ1) is 15.4. The minimum atomic E-state index is -1.93. The molecule has 0 spiro atoms. The molecule has 0 amide bonds. The zero-order valence-corrected chi connectivity index (χ0v) is 13.2. The lowest BCUT2D eigenvalue weighted by Crippen LogP contribution is -2.36. The normalized spacial score (nSPS) is 20.6. The van der Waals surface area contributed by atoms with Crippen LogP contribution in [0, 0.1) is 0 Å². The molecule has 0 radical (unpaired) electrons. The molecule has 1 heterocycles. The average molecular weight is 296 g/mol. The Balaban J connectivity index is 2.03. The van der Waals surface area contributed by atoms with Gasteiger partial charge in [0.1, 0.15) is 6.10 Å². The van der Waals surface area contributed by atoms with Crippen LogP contribution in [0.5, 0.6) is 0 Å². The van der Waals surface area contributed by atoms with Gasteiger partial charge in [0.2, 0.25) is 4.38 Å². The zero-order valence-electron chi connectivity index (χ0n) is 10.6. The van der Waals surface area contributed by atoms with Gasteiger partial charge in [-0.05, 0) is 31.2 Å². The molecular weight excluding hydrogens is 276 g/mol. The first-order valence-electron chi connectivity index (χ1n) is 5.61. The lowest BCUT2D eigenvalue weighted by molar-refractivity contribution is 0.0615. The van der Waals surface area contributed by atoms with Crippen molar-refractivity contribution in [2.75, 3.05) is 33.2 Å². The van der Waals surface area contributed by atoms with E-state index in [9.17, 15) is 0 Å². The molecule has 0 bridgehead atoms. The lowest BCUT2D eigenvalue weighted by atomic mass is 10.4. The average Bonchev–Trinajstić information content (AvgIpc) is 2.74. The molecule has 0 aromatic heterocycles. The fraction of sp³-hybridized carbons (Fsp3) is 0.900. The van der Waals surface area contributed by atoms with Crippen molar-refractivity contribution < 1.29 is 18.3 Å². The summed E-state index contributed by atoms with van der Waals surface area (Å²) in [4.78, 5) is 0. The highest BCUT2D eigenvalue weighted by atomic mass is 32.2. The van der Waals surface area contributed by atoms with Crippen LogP contribution in [0.15, 0.2) is 0 Å². The molecule has 0 aliphatic carbocycles. The van der Waals surface area contributed by atoms with Gasteiger partial charge in [0.25, 0.3) is 0 Å². The van der Waals surface area contributed by atoms with E-state index >= 15 is 0 Å². The smallest absolute Gasteiger partial charge is 0.334 e. The summed E-state index contributed by atoms with van der Waals surface area (Å²) in [6.45, 7) is 3.39. The third-order valence-electron chi connectivity index (χ3n) is 2.74. The molecule has 1 aliphatic rings. The van der Waals surface area contributed by atoms with Gasteiger partial charge in [-0.1, -0.05) is 11.8 Å². The zero-order chi connectivity index (χ0) is 12.7. The summed E-state index contributed by atoms with van der Waals surface area (Å²) in [7, 11) is 1.49. The van der Waals surface area contributed by atoms with Crippen molar-refractivity contribution in [3.8, 4) is 0 Å². The van der Waals surface area contributed by atoms with E-state index in [1.54, 1.807) is 26.0 Å². The molecule has 1 rings (SSSR count). The van der Waals surface area contributed by atoms with Gasteiger partial charge in [-0.2, -0.15) is 0 Å². The largest absolute Gasteiger partial charge is 0.472 e. The Kier molecular flexibility index (Phi) is 6.97. The van der Waals surface area contributed by atoms with E-state index in [-0.39, 0.29) is 6.10 Å². The number of thioether (sulfide) groups is 1. The van der Waals surface area contributed by atoms with Crippen molar-refractivity contribution in [2.24, 2.45) is 0 Å². The van der Waals surface area contributed by atoms with Gasteiger partial charge in [-0.15, -0.1) is 0 Å². The molecule has 17 heavy (non-hydrogen) atoms. The second-order valence-corrected chi connectivity index (χ2v) is 9.23. The van der Waals surface area contributed by atoms with Crippen molar-refractivity contribution in [1.82, 2.24) is 0 Å². The number of ether oxygens (including phenoxy) is 2. The molecule has 1 fully saturated rings. The van der Waals surface area contributed by atoms with E-state index < -0.39 is 8.56 Å². The first-order chi connectivity index (χ1) is 8.09. The standard InChI is InChI=1S/C10H20O4S2Si/c1-11-17(3,12-2)6-4-5-13-7-9-8-16-10(15)14-9/h9H,4-8H2,1-3H3. The predicted molar refractivity (Wildman–Crippen MR) is 75.8 cm³/mol. The first-order valence-corrected chi connectivity index (χ1v) is 9.53. The van der Waals surface area contributed by atoms with Gasteiger partial charge >= 0.3 is 8.56 Å². The van der Waals surface area contributed by atoms with Gasteiger partial charge < -0.3 is 18.3 Å². The summed E-state index contributed by atoms with van der Waals surface area (Å²) >= 11 is 6.51. The van der Waals surface area contributed by atoms with Gasteiger partial charge in [0.15, 0.2) is 0 Å². The van der Waals surface area contributed by atoms with Crippen LogP contribution < -0.4 is 0 Å². The van der Waals surface area contributed by atoms with Crippen LogP contribution in [0.4, 0.5) is 0 Å². The van der Waals surface area contributed by atoms with Crippen molar-refractivity contribution >= 4 is 36.9 Å². The summed E-state index contributed by atoms with van der Waals surface area (Å²) in [6.07, 6.45) is 1.08. The number of rotatable bonds is 8. The van der Waals surface area contributed by atoms with Crippen LogP contribution in [0.2, 0.25) is 12.6 Å². The van der Waals surface area contributed by atoms with Crippen molar-refractivity contribution in [2.45, 2.75) is 25.1 Å². The maximum Gasteiger partial charge on any atom is 0.334 e. The third kappa shape index (κ3) is 5.67. The molecule has 1 atom stereocenters. The van der Waals surface area contributed by atoms with E-state index in [0.29, 0.717) is 17.6 Å². The Labute approximate surface area is 114 Å². The van der Waals surface area contributed by atoms with Crippen LogP contribution in [-0.2, 0) is 18.3 Å². The van der Waals surface area contributed by atoms with E-state index in [1.807, 2.05) is 0 Å². The number of hydrogen-bond donors (Lipinski definition) is 0. The topological polar surface area (TPSA) is 36.9 Å². The Morgan fingerprint density at radius 3 is 2.71 bits per heavy atom. The SMILES string of the molecule is CO[Si](C)(CCCOCC1CSC(=S)O1)OC. The number of thiocarbonyl (C=S) groups is 1. The summed E-state index contributed by atoms with van der Waals surface area (Å²) in [5, 5.41) is 0. The minimum absolute atomic E-state index is 0.126. The van der Waals surface area contributed by atoms with Crippen LogP contribution in [0.25, 0.3) is 0 Å². The maximum atomic E-state index is 5.56. The van der Waals surface area contributed by atoms with E-state index in [4.69, 9.17) is 30.5 Å². The van der Waals surface area contributed by atoms with Crippen LogP contribution in [0.1, 0.15) is 6.42 Å². The highest BCUT2D eigenvalue weighted by Gasteiger charge is 2.28. The van der Waals surface area contributed by atoms with E-state index in [0.717, 1.165) is 18.2 Å². The molecule has 0 N–H and O–H groups in total. The molecule has 0 saturated carbocycles. The van der Waals surface area contributed by atoms with Crippen LogP contribution >= 0.6 is 24.0 Å². The predicted octanol–water partition coefficient (Wildman–Crippen LogP) is 2.17. The molecule has 0 aromatic carbocycles. The molecule has 7 heteroatoms. The van der Waals surface area contributed by atoms with Crippen molar-refractivity contribution in [1.29, 1.82) is 0 Å². The van der Waals surface area contributed by atoms with Crippen LogP contribution in [-0.4, -0.2) is 52.2 Å². The molecule has 1 aliphatic heterocycles. The van der Waals surface area contributed by atoms with E-state index in [1.165, 1.54) is 0 Å². The summed E-state index contributed by atoms with van der Waals surface area (Å²) in [6, 6.07) is 0.943. The third-order valence-corrected chi connectivity index (χ3v) is 7.05. The molecular formula is C10H20O4S2Si. The van der Waals surface area contributed by atoms with Gasteiger partial charge in [0.05, 0.1) is 6.61 Å². The Morgan fingerprint density at radius 2 is 2.18 bits per heavy atom. The van der Waals surface area contributed by atoms with Crippen LogP contribution in [0.3, 0.4) is 0 Å². The van der Waals surface area contributed by atoms with Crippen molar-refractivity contribution in [3.63, 3.8) is 0 Å². The van der Waals surface area contributed by atoms with Gasteiger partial charge in [-0.3, -0.25) is 0 Å². The highest BCUT2D eigenvalue weighted by molar-refractivity contribution is 8.22. The van der Waals surface area contributed by atoms with Gasteiger partial charge in [0, 0.05) is 26.6 Å². The second-order valence-electron chi connectivity index (χ2n) is 4.02. The molecule has 0 aromatic rings. The lowest BCUT2D eigenvalue weighted by Gasteiger charge is -2.22. The summed E-state index contributed by atoms with van der Waals surface area (Å²) < 4.78 is 22.4. The molecule has 1 saturated heterocycles. The fourth-order valence-corrected chi connectivity index (χ4v) is 3.84. The Morgan fingerprint density at radius 1 is 1.47 bits per heavy atom. The monoisotopic (exact) mass is 296 g/mol. The number of hydrogen-bond acceptors (Lipinski definition) is 6. The molecule has 4 nitrogen and oxygen atoms in total. The second kappa shape index (κ2) is 7.70. The Bertz CT molecular complexity index is 248. The quantitative estimate of drug-likeness (QED) is 0.388. The van der Waals surface area contributed by atoms with Gasteiger partial charge in [-0.25, -0.2) is 0 Å². The fourth-order valence-electron chi connectivity index (χ4n) is 1.44. The minimum Gasteiger partial charge on any atom is -0.472 e. The molecule has 100 valence electrons. The Hall–Kier alpha value is 0.337. The summed E-state index contributed by atoms with van der Waals surface area (Å²) in [5.41, 5.74) is 0. The maximum absolute atomic E-state index is 5.56. The highest BCUT2D eigenvalue weighted by Crippen LogP contribution is 2.20. The molecule has 1 unspecified atom stereocenters. The summed E-state index contributed by atoms with van der Waals surface area (Å²) in [5.74, 6) is 0.904.